The van der Waals surface area contributed by atoms with Crippen molar-refractivity contribution < 1.29 is 0 Å². The molecule has 1 fully saturated rings. The molecule has 1 aliphatic rings. The third-order valence-corrected chi connectivity index (χ3v) is 4.24. The summed E-state index contributed by atoms with van der Waals surface area (Å²) in [4.78, 5) is 0. The van der Waals surface area contributed by atoms with E-state index < -0.39 is 0 Å². The van der Waals surface area contributed by atoms with E-state index in [1.807, 2.05) is 0 Å². The van der Waals surface area contributed by atoms with Crippen molar-refractivity contribution in [3.8, 4) is 0 Å². The lowest BCUT2D eigenvalue weighted by Crippen LogP contribution is -2.22. The van der Waals surface area contributed by atoms with E-state index in [9.17, 15) is 0 Å². The molecule has 0 amide bonds. The molecule has 18 heavy (non-hydrogen) atoms. The smallest absolute Gasteiger partial charge is 0.136 e. The minimum atomic E-state index is 0.603. The molecular formula is C14H26N4. The molecule has 4 nitrogen and oxygen atoms in total. The van der Waals surface area contributed by atoms with Gasteiger partial charge in [-0.1, -0.05) is 13.3 Å². The van der Waals surface area contributed by atoms with Crippen LogP contribution >= 0.6 is 0 Å². The second-order valence-corrected chi connectivity index (χ2v) is 5.56. The van der Waals surface area contributed by atoms with Crippen LogP contribution in [0.15, 0.2) is 0 Å². The molecule has 102 valence electrons. The largest absolute Gasteiger partial charge is 0.330 e. The van der Waals surface area contributed by atoms with Crippen molar-refractivity contribution in [2.45, 2.75) is 64.8 Å². The number of nitrogens with two attached hydrogens (primary N) is 1. The van der Waals surface area contributed by atoms with Crippen LogP contribution in [-0.2, 0) is 6.54 Å². The number of nitrogens with zero attached hydrogens (tertiary/aromatic N) is 3. The quantitative estimate of drug-likeness (QED) is 0.874. The van der Waals surface area contributed by atoms with Gasteiger partial charge in [0.2, 0.25) is 0 Å². The second kappa shape index (κ2) is 6.32. The molecule has 1 heterocycles. The number of hydrogen-bond acceptors (Lipinski definition) is 3. The SMILES string of the molecule is CCCCn1c(C)nnc1C1CCC(CN)CC1. The summed E-state index contributed by atoms with van der Waals surface area (Å²) in [5.74, 6) is 3.62. The first-order valence-electron chi connectivity index (χ1n) is 7.36. The molecule has 2 N–H and O–H groups in total. The average molecular weight is 250 g/mol. The maximum Gasteiger partial charge on any atom is 0.136 e. The number of unbranched alkanes of at least 4 members (excludes halogenated alkanes) is 1. The van der Waals surface area contributed by atoms with E-state index in [-0.39, 0.29) is 0 Å². The zero-order valence-electron chi connectivity index (χ0n) is 11.7. The summed E-state index contributed by atoms with van der Waals surface area (Å²) in [5.41, 5.74) is 5.75. The lowest BCUT2D eigenvalue weighted by Gasteiger charge is -2.27. The van der Waals surface area contributed by atoms with Crippen LogP contribution in [0.3, 0.4) is 0 Å². The number of hydrogen-bond donors (Lipinski definition) is 1. The van der Waals surface area contributed by atoms with E-state index in [4.69, 9.17) is 5.73 Å². The van der Waals surface area contributed by atoms with Gasteiger partial charge in [-0.15, -0.1) is 10.2 Å². The molecule has 1 aromatic heterocycles. The highest BCUT2D eigenvalue weighted by Crippen LogP contribution is 2.34. The molecule has 4 heteroatoms. The summed E-state index contributed by atoms with van der Waals surface area (Å²) in [5, 5.41) is 8.70. The minimum absolute atomic E-state index is 0.603. The van der Waals surface area contributed by atoms with Crippen LogP contribution in [0, 0.1) is 12.8 Å². The molecule has 1 aliphatic carbocycles. The monoisotopic (exact) mass is 250 g/mol. The maximum absolute atomic E-state index is 5.75. The Morgan fingerprint density at radius 1 is 1.22 bits per heavy atom. The van der Waals surface area contributed by atoms with Gasteiger partial charge in [-0.05, 0) is 51.5 Å². The molecular weight excluding hydrogens is 224 g/mol. The number of aromatic nitrogens is 3. The second-order valence-electron chi connectivity index (χ2n) is 5.56. The van der Waals surface area contributed by atoms with E-state index in [2.05, 4.69) is 28.6 Å². The Morgan fingerprint density at radius 2 is 1.94 bits per heavy atom. The van der Waals surface area contributed by atoms with Gasteiger partial charge in [-0.25, -0.2) is 0 Å². The summed E-state index contributed by atoms with van der Waals surface area (Å²) in [7, 11) is 0. The van der Waals surface area contributed by atoms with Crippen molar-refractivity contribution in [3.05, 3.63) is 11.6 Å². The zero-order chi connectivity index (χ0) is 13.0. The van der Waals surface area contributed by atoms with Crippen molar-refractivity contribution >= 4 is 0 Å². The number of rotatable bonds is 5. The van der Waals surface area contributed by atoms with Crippen molar-refractivity contribution in [2.75, 3.05) is 6.54 Å². The maximum atomic E-state index is 5.75. The fourth-order valence-corrected chi connectivity index (χ4v) is 2.95. The Morgan fingerprint density at radius 3 is 2.56 bits per heavy atom. The molecule has 0 bridgehead atoms. The molecule has 0 spiro atoms. The molecule has 1 aromatic rings. The van der Waals surface area contributed by atoms with Crippen molar-refractivity contribution in [1.29, 1.82) is 0 Å². The molecule has 0 aliphatic heterocycles. The summed E-state index contributed by atoms with van der Waals surface area (Å²) >= 11 is 0. The highest BCUT2D eigenvalue weighted by molar-refractivity contribution is 5.03. The summed E-state index contributed by atoms with van der Waals surface area (Å²) in [6.07, 6.45) is 7.39. The summed E-state index contributed by atoms with van der Waals surface area (Å²) in [6, 6.07) is 0. The summed E-state index contributed by atoms with van der Waals surface area (Å²) < 4.78 is 2.33. The topological polar surface area (TPSA) is 56.7 Å². The van der Waals surface area contributed by atoms with Crippen LogP contribution in [0.5, 0.6) is 0 Å². The number of aryl methyl sites for hydroxylation is 1. The molecule has 0 saturated heterocycles. The van der Waals surface area contributed by atoms with Gasteiger partial charge in [0.25, 0.3) is 0 Å². The molecule has 0 aromatic carbocycles. The minimum Gasteiger partial charge on any atom is -0.330 e. The van der Waals surface area contributed by atoms with Gasteiger partial charge in [-0.3, -0.25) is 0 Å². The van der Waals surface area contributed by atoms with E-state index in [1.165, 1.54) is 44.3 Å². The first-order valence-corrected chi connectivity index (χ1v) is 7.36. The molecule has 0 radical (unpaired) electrons. The van der Waals surface area contributed by atoms with E-state index in [0.717, 1.165) is 24.8 Å². The van der Waals surface area contributed by atoms with Gasteiger partial charge in [-0.2, -0.15) is 0 Å². The van der Waals surface area contributed by atoms with Crippen LogP contribution in [-0.4, -0.2) is 21.3 Å². The highest BCUT2D eigenvalue weighted by atomic mass is 15.3. The van der Waals surface area contributed by atoms with Gasteiger partial charge in [0, 0.05) is 12.5 Å². The first kappa shape index (κ1) is 13.5. The molecule has 0 unspecified atom stereocenters. The standard InChI is InChI=1S/C14H26N4/c1-3-4-9-18-11(2)16-17-14(18)13-7-5-12(10-15)6-8-13/h12-13H,3-10,15H2,1-2H3. The Labute approximate surface area is 110 Å². The molecule has 1 saturated carbocycles. The van der Waals surface area contributed by atoms with Crippen LogP contribution in [0.25, 0.3) is 0 Å². The molecule has 0 atom stereocenters. The van der Waals surface area contributed by atoms with Gasteiger partial charge in [0.15, 0.2) is 0 Å². The predicted molar refractivity (Wildman–Crippen MR) is 73.4 cm³/mol. The van der Waals surface area contributed by atoms with E-state index >= 15 is 0 Å². The van der Waals surface area contributed by atoms with Crippen LogP contribution in [0.2, 0.25) is 0 Å². The van der Waals surface area contributed by atoms with Gasteiger partial charge in [0.05, 0.1) is 0 Å². The summed E-state index contributed by atoms with van der Waals surface area (Å²) in [6.45, 7) is 6.21. The van der Waals surface area contributed by atoms with E-state index in [1.54, 1.807) is 0 Å². The average Bonchev–Trinajstić information content (AvgIpc) is 2.78. The first-order chi connectivity index (χ1) is 8.76. The van der Waals surface area contributed by atoms with Crippen molar-refractivity contribution in [2.24, 2.45) is 11.7 Å². The Hall–Kier alpha value is -0.900. The van der Waals surface area contributed by atoms with E-state index in [0.29, 0.717) is 5.92 Å². The third-order valence-electron chi connectivity index (χ3n) is 4.24. The Kier molecular flexibility index (Phi) is 4.75. The van der Waals surface area contributed by atoms with Gasteiger partial charge >= 0.3 is 0 Å². The van der Waals surface area contributed by atoms with Crippen molar-refractivity contribution in [1.82, 2.24) is 14.8 Å². The van der Waals surface area contributed by atoms with Crippen LogP contribution in [0.4, 0.5) is 0 Å². The normalized spacial score (nSPS) is 24.4. The Balaban J connectivity index is 2.04. The third kappa shape index (κ3) is 2.91. The lowest BCUT2D eigenvalue weighted by atomic mass is 9.81. The molecule has 2 rings (SSSR count). The van der Waals surface area contributed by atoms with Crippen LogP contribution in [0.1, 0.15) is 63.0 Å². The van der Waals surface area contributed by atoms with Crippen LogP contribution < -0.4 is 5.73 Å². The van der Waals surface area contributed by atoms with Gasteiger partial charge < -0.3 is 10.3 Å². The van der Waals surface area contributed by atoms with Gasteiger partial charge in [0.1, 0.15) is 11.6 Å². The highest BCUT2D eigenvalue weighted by Gasteiger charge is 2.25. The Bertz CT molecular complexity index is 364. The fraction of sp³-hybridized carbons (Fsp3) is 0.857. The predicted octanol–water partition coefficient (Wildman–Crippen LogP) is 2.62. The lowest BCUT2D eigenvalue weighted by molar-refractivity contribution is 0.319. The van der Waals surface area contributed by atoms with Crippen molar-refractivity contribution in [3.63, 3.8) is 0 Å². The zero-order valence-corrected chi connectivity index (χ0v) is 11.7. The fourth-order valence-electron chi connectivity index (χ4n) is 2.95.